The maximum atomic E-state index is 13.1. The van der Waals surface area contributed by atoms with Crippen LogP contribution >= 0.6 is 0 Å². The van der Waals surface area contributed by atoms with E-state index >= 15 is 0 Å². The molecule has 6 heteroatoms. The lowest BCUT2D eigenvalue weighted by molar-refractivity contribution is 0.0695. The van der Waals surface area contributed by atoms with E-state index in [9.17, 15) is 9.18 Å². The van der Waals surface area contributed by atoms with E-state index < -0.39 is 0 Å². The molecule has 0 bridgehead atoms. The Hall–Kier alpha value is -3.02. The van der Waals surface area contributed by atoms with Crippen LogP contribution in [0.4, 0.5) is 4.39 Å². The minimum absolute atomic E-state index is 0.00779. The van der Waals surface area contributed by atoms with Crippen molar-refractivity contribution >= 4 is 5.91 Å². The number of hydrogen-bond acceptors (Lipinski definition) is 4. The molecule has 1 atom stereocenters. The van der Waals surface area contributed by atoms with Gasteiger partial charge in [0.05, 0.1) is 5.92 Å². The summed E-state index contributed by atoms with van der Waals surface area (Å²) in [5.41, 5.74) is 2.52. The summed E-state index contributed by atoms with van der Waals surface area (Å²) in [5, 5.41) is 4.13. The number of hydrogen-bond donors (Lipinski definition) is 0. The molecular formula is C21H20FN3O2. The normalized spacial score (nSPS) is 17.1. The first kappa shape index (κ1) is 17.4. The van der Waals surface area contributed by atoms with Gasteiger partial charge >= 0.3 is 0 Å². The Bertz CT molecular complexity index is 952. The molecule has 0 N–H and O–H groups in total. The van der Waals surface area contributed by atoms with E-state index in [1.807, 2.05) is 31.2 Å². The van der Waals surface area contributed by atoms with Crippen LogP contribution in [0, 0.1) is 12.7 Å². The molecule has 0 radical (unpaired) electrons. The van der Waals surface area contributed by atoms with Gasteiger partial charge in [-0.2, -0.15) is 4.98 Å². The Kier molecular flexibility index (Phi) is 4.71. The number of aromatic nitrogens is 2. The van der Waals surface area contributed by atoms with Crippen LogP contribution in [0.5, 0.6) is 0 Å². The standard InChI is InChI=1S/C21H20FN3O2/c1-14-5-2-3-7-18(14)19-23-20(27-24-19)16-6-4-12-25(13-16)21(26)15-8-10-17(22)11-9-15/h2-3,5,7-11,16H,4,6,12-13H2,1H3/t16-/m0/s1. The fourth-order valence-electron chi connectivity index (χ4n) is 3.47. The molecule has 0 spiro atoms. The maximum absolute atomic E-state index is 13.1. The van der Waals surface area contributed by atoms with Crippen LogP contribution in [0.2, 0.25) is 0 Å². The number of carbonyl (C=O) groups excluding carboxylic acids is 1. The van der Waals surface area contributed by atoms with Gasteiger partial charge < -0.3 is 9.42 Å². The number of nitrogens with zero attached hydrogens (tertiary/aromatic N) is 3. The summed E-state index contributed by atoms with van der Waals surface area (Å²) < 4.78 is 18.6. The van der Waals surface area contributed by atoms with Crippen LogP contribution in [0.25, 0.3) is 11.4 Å². The number of halogens is 1. The van der Waals surface area contributed by atoms with Gasteiger partial charge in [0.25, 0.3) is 5.91 Å². The number of likely N-dealkylation sites (tertiary alicyclic amines) is 1. The predicted molar refractivity (Wildman–Crippen MR) is 98.7 cm³/mol. The van der Waals surface area contributed by atoms with Crippen molar-refractivity contribution < 1.29 is 13.7 Å². The van der Waals surface area contributed by atoms with Gasteiger partial charge in [-0.15, -0.1) is 0 Å². The molecule has 5 nitrogen and oxygen atoms in total. The average molecular weight is 365 g/mol. The number of rotatable bonds is 3. The molecule has 1 saturated heterocycles. The molecule has 1 aromatic heterocycles. The molecule has 1 aliphatic rings. The van der Waals surface area contributed by atoms with Crippen LogP contribution in [0.15, 0.2) is 53.1 Å². The third-order valence-corrected chi connectivity index (χ3v) is 4.98. The molecule has 27 heavy (non-hydrogen) atoms. The molecule has 0 unspecified atom stereocenters. The van der Waals surface area contributed by atoms with Gasteiger partial charge in [0.15, 0.2) is 0 Å². The largest absolute Gasteiger partial charge is 0.339 e. The van der Waals surface area contributed by atoms with Crippen molar-refractivity contribution in [2.75, 3.05) is 13.1 Å². The molecule has 4 rings (SSSR count). The fourth-order valence-corrected chi connectivity index (χ4v) is 3.47. The molecule has 1 fully saturated rings. The first-order chi connectivity index (χ1) is 13.1. The fraction of sp³-hybridized carbons (Fsp3) is 0.286. The monoisotopic (exact) mass is 365 g/mol. The Morgan fingerprint density at radius 2 is 1.96 bits per heavy atom. The maximum Gasteiger partial charge on any atom is 0.253 e. The molecule has 3 aromatic rings. The van der Waals surface area contributed by atoms with E-state index in [1.165, 1.54) is 24.3 Å². The van der Waals surface area contributed by atoms with Crippen molar-refractivity contribution in [3.8, 4) is 11.4 Å². The highest BCUT2D eigenvalue weighted by molar-refractivity contribution is 5.94. The second-order valence-corrected chi connectivity index (χ2v) is 6.87. The third kappa shape index (κ3) is 3.60. The summed E-state index contributed by atoms with van der Waals surface area (Å²) in [7, 11) is 0. The van der Waals surface area contributed by atoms with Crippen LogP contribution in [0.1, 0.15) is 40.6 Å². The van der Waals surface area contributed by atoms with Crippen molar-refractivity contribution in [1.29, 1.82) is 0 Å². The highest BCUT2D eigenvalue weighted by Crippen LogP contribution is 2.29. The summed E-state index contributed by atoms with van der Waals surface area (Å²) in [6.07, 6.45) is 1.75. The van der Waals surface area contributed by atoms with Gasteiger partial charge in [0, 0.05) is 24.2 Å². The van der Waals surface area contributed by atoms with Crippen LogP contribution < -0.4 is 0 Å². The zero-order chi connectivity index (χ0) is 18.8. The molecule has 0 saturated carbocycles. The van der Waals surface area contributed by atoms with E-state index in [2.05, 4.69) is 10.1 Å². The van der Waals surface area contributed by atoms with E-state index in [4.69, 9.17) is 4.52 Å². The van der Waals surface area contributed by atoms with E-state index in [0.717, 1.165) is 24.0 Å². The summed E-state index contributed by atoms with van der Waals surface area (Å²) >= 11 is 0. The second-order valence-electron chi connectivity index (χ2n) is 6.87. The van der Waals surface area contributed by atoms with Gasteiger partial charge in [0.1, 0.15) is 5.82 Å². The summed E-state index contributed by atoms with van der Waals surface area (Å²) in [4.78, 5) is 19.1. The lowest BCUT2D eigenvalue weighted by Crippen LogP contribution is -2.39. The van der Waals surface area contributed by atoms with Crippen molar-refractivity contribution in [3.63, 3.8) is 0 Å². The third-order valence-electron chi connectivity index (χ3n) is 4.98. The summed E-state index contributed by atoms with van der Waals surface area (Å²) in [6, 6.07) is 13.5. The minimum Gasteiger partial charge on any atom is -0.339 e. The Morgan fingerprint density at radius 1 is 1.19 bits per heavy atom. The van der Waals surface area contributed by atoms with Crippen molar-refractivity contribution in [3.05, 3.63) is 71.4 Å². The molecule has 1 aliphatic heterocycles. The zero-order valence-electron chi connectivity index (χ0n) is 15.1. The van der Waals surface area contributed by atoms with E-state index in [1.54, 1.807) is 4.90 Å². The molecule has 1 amide bonds. The molecule has 0 aliphatic carbocycles. The Labute approximate surface area is 156 Å². The van der Waals surface area contributed by atoms with Crippen molar-refractivity contribution in [1.82, 2.24) is 15.0 Å². The lowest BCUT2D eigenvalue weighted by Gasteiger charge is -2.31. The summed E-state index contributed by atoms with van der Waals surface area (Å²) in [6.45, 7) is 3.20. The van der Waals surface area contributed by atoms with E-state index in [0.29, 0.717) is 30.4 Å². The number of piperidine rings is 1. The topological polar surface area (TPSA) is 59.2 Å². The molecule has 138 valence electrons. The Morgan fingerprint density at radius 3 is 2.74 bits per heavy atom. The number of benzene rings is 2. The van der Waals surface area contributed by atoms with Crippen molar-refractivity contribution in [2.24, 2.45) is 0 Å². The number of amides is 1. The van der Waals surface area contributed by atoms with Gasteiger partial charge in [-0.25, -0.2) is 4.39 Å². The molecular weight excluding hydrogens is 345 g/mol. The quantitative estimate of drug-likeness (QED) is 0.698. The second kappa shape index (κ2) is 7.31. The predicted octanol–water partition coefficient (Wildman–Crippen LogP) is 4.20. The Balaban J connectivity index is 1.51. The number of carbonyl (C=O) groups is 1. The molecule has 2 aromatic carbocycles. The summed E-state index contributed by atoms with van der Waals surface area (Å²) in [5.74, 6) is 0.694. The van der Waals surface area contributed by atoms with Gasteiger partial charge in [-0.3, -0.25) is 4.79 Å². The van der Waals surface area contributed by atoms with Gasteiger partial charge in [-0.05, 0) is 49.6 Å². The van der Waals surface area contributed by atoms with Gasteiger partial charge in [0.2, 0.25) is 11.7 Å². The average Bonchev–Trinajstić information content (AvgIpc) is 3.18. The first-order valence-corrected chi connectivity index (χ1v) is 9.06. The van der Waals surface area contributed by atoms with Gasteiger partial charge in [-0.1, -0.05) is 29.4 Å². The highest BCUT2D eigenvalue weighted by Gasteiger charge is 2.29. The van der Waals surface area contributed by atoms with E-state index in [-0.39, 0.29) is 17.6 Å². The van der Waals surface area contributed by atoms with Crippen LogP contribution in [-0.2, 0) is 0 Å². The minimum atomic E-state index is -0.349. The highest BCUT2D eigenvalue weighted by atomic mass is 19.1. The SMILES string of the molecule is Cc1ccccc1-c1noc([C@H]2CCCN(C(=O)c3ccc(F)cc3)C2)n1. The van der Waals surface area contributed by atoms with Crippen LogP contribution in [-0.4, -0.2) is 34.0 Å². The molecule has 2 heterocycles. The smallest absolute Gasteiger partial charge is 0.253 e. The first-order valence-electron chi connectivity index (χ1n) is 9.06. The zero-order valence-corrected chi connectivity index (χ0v) is 15.1. The lowest BCUT2D eigenvalue weighted by atomic mass is 9.97. The number of aryl methyl sites for hydroxylation is 1. The van der Waals surface area contributed by atoms with Crippen molar-refractivity contribution in [2.45, 2.75) is 25.7 Å². The van der Waals surface area contributed by atoms with Crippen LogP contribution in [0.3, 0.4) is 0 Å².